The number of hydrogen-bond donors (Lipinski definition) is 0. The van der Waals surface area contributed by atoms with Gasteiger partial charge in [0.25, 0.3) is 0 Å². The second-order valence-electron chi connectivity index (χ2n) is 1.15. The van der Waals surface area contributed by atoms with Crippen LogP contribution in [-0.4, -0.2) is 0 Å². The minimum absolute atomic E-state index is 0.347. The first kappa shape index (κ1) is 1.97. The molecule has 0 amide bonds. The third-order valence-electron chi connectivity index (χ3n) is 0.667. The van der Waals surface area contributed by atoms with Crippen LogP contribution in [0.15, 0.2) is 24.3 Å². The highest BCUT2D eigenvalue weighted by atomic mass is 13.8. The first-order chi connectivity index (χ1) is 3.80. The van der Waals surface area contributed by atoms with Gasteiger partial charge in [-0.2, -0.15) is 0 Å². The lowest BCUT2D eigenvalue weighted by Crippen LogP contribution is -1.67. The molecule has 0 heterocycles. The van der Waals surface area contributed by atoms with E-state index in [9.17, 15) is 0 Å². The predicted octanol–water partition coefficient (Wildman–Crippen LogP) is 1.89. The minimum Gasteiger partial charge on any atom is -0.0842 e. The van der Waals surface area contributed by atoms with E-state index in [-0.39, 0.29) is 12.8 Å². The highest BCUT2D eigenvalue weighted by Gasteiger charge is 1.77. The van der Waals surface area contributed by atoms with Crippen LogP contribution in [0.2, 0.25) is 0 Å². The van der Waals surface area contributed by atoms with Crippen LogP contribution < -0.4 is 0 Å². The molecular formula is C6H8. The second kappa shape index (κ2) is 1.81. The summed E-state index contributed by atoms with van der Waals surface area (Å²) >= 11 is 0. The Morgan fingerprint density at radius 2 is 1.67 bits per heavy atom. The van der Waals surface area contributed by atoms with Crippen molar-refractivity contribution in [3.63, 3.8) is 0 Å². The smallest absolute Gasteiger partial charge is 0.0313 e. The molecule has 0 saturated carbocycles. The van der Waals surface area contributed by atoms with Crippen molar-refractivity contribution in [1.29, 1.82) is 0 Å². The van der Waals surface area contributed by atoms with Crippen molar-refractivity contribution < 1.29 is 2.74 Å². The first-order valence-electron chi connectivity index (χ1n) is 3.15. The van der Waals surface area contributed by atoms with E-state index in [4.69, 9.17) is 2.74 Å². The van der Waals surface area contributed by atoms with Gasteiger partial charge in [0.1, 0.15) is 0 Å². The van der Waals surface area contributed by atoms with Gasteiger partial charge >= 0.3 is 0 Å². The molecule has 0 spiro atoms. The predicted molar refractivity (Wildman–Crippen MR) is 27.5 cm³/mol. The maximum absolute atomic E-state index is 7.15. The second-order valence-corrected chi connectivity index (χ2v) is 1.15. The molecular weight excluding hydrogens is 72.1 g/mol. The Kier molecular flexibility index (Phi) is 0.592. The van der Waals surface area contributed by atoms with Gasteiger partial charge in [-0.25, -0.2) is 0 Å². The van der Waals surface area contributed by atoms with E-state index in [2.05, 4.69) is 0 Å². The molecule has 0 aromatic rings. The van der Waals surface area contributed by atoms with Crippen LogP contribution >= 0.6 is 0 Å². The van der Waals surface area contributed by atoms with Crippen LogP contribution in [0.3, 0.4) is 0 Å². The van der Waals surface area contributed by atoms with E-state index in [0.717, 1.165) is 0 Å². The molecule has 0 fully saturated rings. The van der Waals surface area contributed by atoms with Crippen LogP contribution in [0.25, 0.3) is 0 Å². The molecule has 0 bridgehead atoms. The van der Waals surface area contributed by atoms with Gasteiger partial charge in [-0.3, -0.25) is 0 Å². The monoisotopic (exact) mass is 82.1 g/mol. The molecule has 0 unspecified atom stereocenters. The van der Waals surface area contributed by atoms with Gasteiger partial charge in [0.05, 0.1) is 0 Å². The van der Waals surface area contributed by atoms with E-state index < -0.39 is 0 Å². The molecule has 1 aliphatic rings. The van der Waals surface area contributed by atoms with E-state index in [1.165, 1.54) is 0 Å². The van der Waals surface area contributed by atoms with Gasteiger partial charge in [-0.05, 0) is 12.8 Å². The molecule has 1 rings (SSSR count). The molecule has 0 saturated heterocycles. The first-order valence-corrected chi connectivity index (χ1v) is 2.00. The summed E-state index contributed by atoms with van der Waals surface area (Å²) in [6, 6.07) is 0. The minimum atomic E-state index is -0.347. The summed E-state index contributed by atoms with van der Waals surface area (Å²) in [5, 5.41) is 0. The zero-order chi connectivity index (χ0) is 5.98. The van der Waals surface area contributed by atoms with E-state index in [0.29, 0.717) is 0 Å². The molecule has 6 heavy (non-hydrogen) atoms. The van der Waals surface area contributed by atoms with Crippen molar-refractivity contribution in [3.05, 3.63) is 24.3 Å². The van der Waals surface area contributed by atoms with Gasteiger partial charge in [-0.15, -0.1) is 0 Å². The van der Waals surface area contributed by atoms with Crippen molar-refractivity contribution in [2.75, 3.05) is 0 Å². The average Bonchev–Trinajstić information content (AvgIpc) is 1.77. The summed E-state index contributed by atoms with van der Waals surface area (Å²) in [5.41, 5.74) is 0. The lowest BCUT2D eigenvalue weighted by Gasteiger charge is -1.88. The SMILES string of the molecule is [2H][C@@H]1C=CC=C[C@@H]1[2H]. The number of allylic oxidation sites excluding steroid dienone is 4. The normalized spacial score (nSPS) is 48.0. The average molecular weight is 82.1 g/mol. The molecule has 0 radical (unpaired) electrons. The fraction of sp³-hybridized carbons (Fsp3) is 0.333. The van der Waals surface area contributed by atoms with E-state index in [1.807, 2.05) is 12.2 Å². The summed E-state index contributed by atoms with van der Waals surface area (Å²) < 4.78 is 14.3. The van der Waals surface area contributed by atoms with E-state index >= 15 is 0 Å². The molecule has 0 aromatic heterocycles. The Bertz CT molecular complexity index is 110. The molecule has 0 heteroatoms. The highest BCUT2D eigenvalue weighted by Crippen LogP contribution is 1.98. The van der Waals surface area contributed by atoms with Gasteiger partial charge < -0.3 is 0 Å². The van der Waals surface area contributed by atoms with Crippen LogP contribution in [0.5, 0.6) is 0 Å². The Hall–Kier alpha value is -0.520. The van der Waals surface area contributed by atoms with Crippen molar-refractivity contribution in [1.82, 2.24) is 0 Å². The molecule has 2 atom stereocenters. The van der Waals surface area contributed by atoms with Gasteiger partial charge in [0.15, 0.2) is 0 Å². The Labute approximate surface area is 41.0 Å². The highest BCUT2D eigenvalue weighted by molar-refractivity contribution is 5.07. The summed E-state index contributed by atoms with van der Waals surface area (Å²) in [6.45, 7) is 0. The Morgan fingerprint density at radius 1 is 1.17 bits per heavy atom. The maximum atomic E-state index is 7.15. The molecule has 32 valence electrons. The van der Waals surface area contributed by atoms with Crippen LogP contribution in [0.4, 0.5) is 0 Å². The molecule has 0 nitrogen and oxygen atoms in total. The fourth-order valence-electron chi connectivity index (χ4n) is 0.385. The largest absolute Gasteiger partial charge is 0.0842 e. The molecule has 0 aliphatic heterocycles. The molecule has 0 aromatic carbocycles. The van der Waals surface area contributed by atoms with Crippen molar-refractivity contribution >= 4 is 0 Å². The van der Waals surface area contributed by atoms with Crippen LogP contribution in [0.1, 0.15) is 15.5 Å². The Morgan fingerprint density at radius 3 is 2.00 bits per heavy atom. The topological polar surface area (TPSA) is 0 Å². The third-order valence-corrected chi connectivity index (χ3v) is 0.667. The van der Waals surface area contributed by atoms with Crippen molar-refractivity contribution in [3.8, 4) is 0 Å². The maximum Gasteiger partial charge on any atom is 0.0313 e. The summed E-state index contributed by atoms with van der Waals surface area (Å²) in [6.07, 6.45) is 6.36. The number of hydrogen-bond acceptors (Lipinski definition) is 0. The zero-order valence-electron chi connectivity index (χ0n) is 5.46. The standard InChI is InChI=1S/C6H8/c1-2-4-6-5-3-1/h1-4H,5-6H2/i5D,6D/t5-,6+. The zero-order valence-corrected chi connectivity index (χ0v) is 3.46. The van der Waals surface area contributed by atoms with Crippen molar-refractivity contribution in [2.45, 2.75) is 12.8 Å². The summed E-state index contributed by atoms with van der Waals surface area (Å²) in [4.78, 5) is 0. The van der Waals surface area contributed by atoms with Crippen LogP contribution in [-0.2, 0) is 0 Å². The van der Waals surface area contributed by atoms with Crippen LogP contribution in [0, 0.1) is 0 Å². The summed E-state index contributed by atoms with van der Waals surface area (Å²) in [7, 11) is 0. The third kappa shape index (κ3) is 0.713. The summed E-state index contributed by atoms with van der Waals surface area (Å²) in [5.74, 6) is 0. The fourth-order valence-corrected chi connectivity index (χ4v) is 0.385. The van der Waals surface area contributed by atoms with Gasteiger partial charge in [0, 0.05) is 2.74 Å². The Balaban J connectivity index is 2.59. The lowest BCUT2D eigenvalue weighted by atomic mass is 10.2. The van der Waals surface area contributed by atoms with E-state index in [1.54, 1.807) is 12.2 Å². The molecule has 1 aliphatic carbocycles. The quantitative estimate of drug-likeness (QED) is 0.418. The lowest BCUT2D eigenvalue weighted by molar-refractivity contribution is 1.04. The van der Waals surface area contributed by atoms with Gasteiger partial charge in [-0.1, -0.05) is 24.3 Å². The molecule has 0 N–H and O–H groups in total. The van der Waals surface area contributed by atoms with Gasteiger partial charge in [0.2, 0.25) is 0 Å². The number of rotatable bonds is 0. The van der Waals surface area contributed by atoms with Crippen molar-refractivity contribution in [2.24, 2.45) is 0 Å².